The highest BCUT2D eigenvalue weighted by atomic mass is 35.5. The number of ether oxygens (including phenoxy) is 3. The maximum absolute atomic E-state index is 11.6. The van der Waals surface area contributed by atoms with E-state index in [1.165, 1.54) is 0 Å². The Balaban J connectivity index is 2.02. The van der Waals surface area contributed by atoms with Gasteiger partial charge in [-0.25, -0.2) is 4.79 Å². The third-order valence-corrected chi connectivity index (χ3v) is 2.77. The van der Waals surface area contributed by atoms with Crippen molar-refractivity contribution in [3.63, 3.8) is 0 Å². The van der Waals surface area contributed by atoms with E-state index in [1.54, 1.807) is 24.3 Å². The summed E-state index contributed by atoms with van der Waals surface area (Å²) in [4.78, 5) is 11.6. The Morgan fingerprint density at radius 2 is 1.80 bits per heavy atom. The van der Waals surface area contributed by atoms with Gasteiger partial charge in [-0.15, -0.1) is 0 Å². The molecule has 0 heterocycles. The first kappa shape index (κ1) is 17.0. The molecular formula is C15H21ClO4. The molecule has 0 aliphatic carbocycles. The normalized spacial score (nSPS) is 10.5. The summed E-state index contributed by atoms with van der Waals surface area (Å²) in [7, 11) is 0. The van der Waals surface area contributed by atoms with Gasteiger partial charge >= 0.3 is 5.97 Å². The molecular weight excluding hydrogens is 280 g/mol. The average Bonchev–Trinajstić information content (AvgIpc) is 2.45. The summed E-state index contributed by atoms with van der Waals surface area (Å²) < 4.78 is 15.7. The van der Waals surface area contributed by atoms with Gasteiger partial charge in [-0.3, -0.25) is 0 Å². The predicted molar refractivity (Wildman–Crippen MR) is 78.3 cm³/mol. The summed E-state index contributed by atoms with van der Waals surface area (Å²) in [6.45, 7) is 4.56. The van der Waals surface area contributed by atoms with Gasteiger partial charge in [-0.05, 0) is 24.6 Å². The predicted octanol–water partition coefficient (Wildman–Crippen LogP) is 3.33. The van der Waals surface area contributed by atoms with E-state index in [1.807, 2.05) is 0 Å². The van der Waals surface area contributed by atoms with E-state index in [0.29, 0.717) is 30.4 Å². The van der Waals surface area contributed by atoms with Gasteiger partial charge in [0, 0.05) is 11.6 Å². The van der Waals surface area contributed by atoms with Crippen molar-refractivity contribution in [2.45, 2.75) is 19.8 Å². The summed E-state index contributed by atoms with van der Waals surface area (Å²) >= 11 is 5.80. The number of hydrogen-bond donors (Lipinski definition) is 0. The SMILES string of the molecule is CCCCOCCOCCOC(=O)c1cccc(Cl)c1. The maximum atomic E-state index is 11.6. The van der Waals surface area contributed by atoms with E-state index in [2.05, 4.69) is 6.92 Å². The van der Waals surface area contributed by atoms with Gasteiger partial charge in [0.15, 0.2) is 0 Å². The molecule has 0 spiro atoms. The van der Waals surface area contributed by atoms with Gasteiger partial charge < -0.3 is 14.2 Å². The minimum Gasteiger partial charge on any atom is -0.460 e. The number of esters is 1. The van der Waals surface area contributed by atoms with Crippen LogP contribution in [-0.2, 0) is 14.2 Å². The molecule has 0 saturated carbocycles. The molecule has 0 aliphatic rings. The molecule has 1 aromatic carbocycles. The Morgan fingerprint density at radius 1 is 1.10 bits per heavy atom. The lowest BCUT2D eigenvalue weighted by atomic mass is 10.2. The molecule has 0 N–H and O–H groups in total. The van der Waals surface area contributed by atoms with E-state index < -0.39 is 5.97 Å². The Kier molecular flexibility index (Phi) is 9.04. The van der Waals surface area contributed by atoms with Crippen molar-refractivity contribution in [1.82, 2.24) is 0 Å². The second kappa shape index (κ2) is 10.7. The van der Waals surface area contributed by atoms with Crippen LogP contribution in [0.1, 0.15) is 30.1 Å². The number of hydrogen-bond acceptors (Lipinski definition) is 4. The molecule has 1 rings (SSSR count). The zero-order valence-electron chi connectivity index (χ0n) is 11.8. The molecule has 0 radical (unpaired) electrons. The smallest absolute Gasteiger partial charge is 0.338 e. The molecule has 0 aromatic heterocycles. The molecule has 112 valence electrons. The van der Waals surface area contributed by atoms with Crippen molar-refractivity contribution >= 4 is 17.6 Å². The number of benzene rings is 1. The minimum absolute atomic E-state index is 0.223. The largest absolute Gasteiger partial charge is 0.460 e. The molecule has 0 unspecified atom stereocenters. The second-order valence-electron chi connectivity index (χ2n) is 4.22. The Labute approximate surface area is 125 Å². The second-order valence-corrected chi connectivity index (χ2v) is 4.66. The number of carbonyl (C=O) groups excluding carboxylic acids is 1. The lowest BCUT2D eigenvalue weighted by molar-refractivity contribution is 0.0143. The third-order valence-electron chi connectivity index (χ3n) is 2.54. The fraction of sp³-hybridized carbons (Fsp3) is 0.533. The van der Waals surface area contributed by atoms with Crippen LogP contribution in [0.15, 0.2) is 24.3 Å². The van der Waals surface area contributed by atoms with Crippen LogP contribution in [0.4, 0.5) is 0 Å². The zero-order chi connectivity index (χ0) is 14.6. The molecule has 0 aliphatic heterocycles. The fourth-order valence-electron chi connectivity index (χ4n) is 1.46. The van der Waals surface area contributed by atoms with Gasteiger partial charge in [0.2, 0.25) is 0 Å². The van der Waals surface area contributed by atoms with E-state index in [-0.39, 0.29) is 6.61 Å². The lowest BCUT2D eigenvalue weighted by Gasteiger charge is -2.07. The highest BCUT2D eigenvalue weighted by molar-refractivity contribution is 6.30. The average molecular weight is 301 g/mol. The maximum Gasteiger partial charge on any atom is 0.338 e. The van der Waals surface area contributed by atoms with Crippen LogP contribution >= 0.6 is 11.6 Å². The van der Waals surface area contributed by atoms with Crippen molar-refractivity contribution in [3.8, 4) is 0 Å². The number of unbranched alkanes of at least 4 members (excludes halogenated alkanes) is 1. The van der Waals surface area contributed by atoms with E-state index >= 15 is 0 Å². The monoisotopic (exact) mass is 300 g/mol. The Hall–Kier alpha value is -1.10. The molecule has 4 nitrogen and oxygen atoms in total. The van der Waals surface area contributed by atoms with Crippen molar-refractivity contribution < 1.29 is 19.0 Å². The van der Waals surface area contributed by atoms with Gasteiger partial charge in [-0.1, -0.05) is 31.0 Å². The molecule has 5 heteroatoms. The van der Waals surface area contributed by atoms with Crippen LogP contribution < -0.4 is 0 Å². The highest BCUT2D eigenvalue weighted by Crippen LogP contribution is 2.11. The number of rotatable bonds is 10. The minimum atomic E-state index is -0.393. The van der Waals surface area contributed by atoms with Crippen molar-refractivity contribution in [3.05, 3.63) is 34.9 Å². The quantitative estimate of drug-likeness (QED) is 0.491. The van der Waals surface area contributed by atoms with E-state index in [4.69, 9.17) is 25.8 Å². The van der Waals surface area contributed by atoms with E-state index in [0.717, 1.165) is 19.4 Å². The summed E-state index contributed by atoms with van der Waals surface area (Å²) in [6, 6.07) is 6.66. The van der Waals surface area contributed by atoms with Crippen LogP contribution in [-0.4, -0.2) is 39.0 Å². The van der Waals surface area contributed by atoms with Crippen LogP contribution in [0.3, 0.4) is 0 Å². The summed E-state index contributed by atoms with van der Waals surface area (Å²) in [5, 5.41) is 0.514. The van der Waals surface area contributed by atoms with Gasteiger partial charge in [0.1, 0.15) is 6.61 Å². The molecule has 0 fully saturated rings. The van der Waals surface area contributed by atoms with Crippen molar-refractivity contribution in [2.75, 3.05) is 33.0 Å². The Bertz CT molecular complexity index is 395. The van der Waals surface area contributed by atoms with Crippen LogP contribution in [0, 0.1) is 0 Å². The summed E-state index contributed by atoms with van der Waals surface area (Å²) in [5.74, 6) is -0.393. The van der Waals surface area contributed by atoms with Crippen LogP contribution in [0.2, 0.25) is 5.02 Å². The molecule has 0 saturated heterocycles. The van der Waals surface area contributed by atoms with Gasteiger partial charge in [-0.2, -0.15) is 0 Å². The number of carbonyl (C=O) groups is 1. The molecule has 0 atom stereocenters. The van der Waals surface area contributed by atoms with Crippen molar-refractivity contribution in [1.29, 1.82) is 0 Å². The van der Waals surface area contributed by atoms with E-state index in [9.17, 15) is 4.79 Å². The molecule has 0 amide bonds. The first-order valence-corrected chi connectivity index (χ1v) is 7.20. The molecule has 0 bridgehead atoms. The highest BCUT2D eigenvalue weighted by Gasteiger charge is 2.06. The fourth-order valence-corrected chi connectivity index (χ4v) is 1.65. The van der Waals surface area contributed by atoms with Gasteiger partial charge in [0.05, 0.1) is 25.4 Å². The van der Waals surface area contributed by atoms with Crippen molar-refractivity contribution in [2.24, 2.45) is 0 Å². The lowest BCUT2D eigenvalue weighted by Crippen LogP contribution is -2.13. The number of halogens is 1. The zero-order valence-corrected chi connectivity index (χ0v) is 12.5. The topological polar surface area (TPSA) is 44.8 Å². The molecule has 1 aromatic rings. The molecule has 20 heavy (non-hydrogen) atoms. The van der Waals surface area contributed by atoms with Gasteiger partial charge in [0.25, 0.3) is 0 Å². The summed E-state index contributed by atoms with van der Waals surface area (Å²) in [5.41, 5.74) is 0.445. The third kappa shape index (κ3) is 7.48. The van der Waals surface area contributed by atoms with Crippen LogP contribution in [0.5, 0.6) is 0 Å². The standard InChI is InChI=1S/C15H21ClO4/c1-2-3-7-18-8-9-19-10-11-20-15(17)13-5-4-6-14(16)12-13/h4-6,12H,2-3,7-11H2,1H3. The van der Waals surface area contributed by atoms with Crippen LogP contribution in [0.25, 0.3) is 0 Å². The first-order valence-electron chi connectivity index (χ1n) is 6.82. The first-order chi connectivity index (χ1) is 9.74. The summed E-state index contributed by atoms with van der Waals surface area (Å²) in [6.07, 6.45) is 2.19. The Morgan fingerprint density at radius 3 is 2.50 bits per heavy atom.